The molecule has 3 N–H and O–H groups in total. The molecule has 2 aliphatic rings. The van der Waals surface area contributed by atoms with E-state index in [4.69, 9.17) is 4.74 Å². The van der Waals surface area contributed by atoms with Gasteiger partial charge in [0.1, 0.15) is 11.8 Å². The van der Waals surface area contributed by atoms with E-state index in [0.717, 1.165) is 5.56 Å². The number of fused-ring (bicyclic) bond motifs is 1. The number of thioether (sulfide) groups is 1. The molecule has 0 radical (unpaired) electrons. The van der Waals surface area contributed by atoms with Gasteiger partial charge in [-0.05, 0) is 18.9 Å². The summed E-state index contributed by atoms with van der Waals surface area (Å²) in [5, 5.41) is 25.9. The van der Waals surface area contributed by atoms with Crippen LogP contribution in [0.15, 0.2) is 34.9 Å². The Balaban J connectivity index is 1.94. The average Bonchev–Trinajstić information content (AvgIpc) is 3.06. The van der Waals surface area contributed by atoms with Crippen LogP contribution < -0.4 is 10.6 Å². The predicted octanol–water partition coefficient (Wildman–Crippen LogP) is 1.50. The quantitative estimate of drug-likeness (QED) is 0.184. The summed E-state index contributed by atoms with van der Waals surface area (Å²) in [6.07, 6.45) is -1.19. The first-order chi connectivity index (χ1) is 16.6. The van der Waals surface area contributed by atoms with Gasteiger partial charge in [0, 0.05) is 49.2 Å². The summed E-state index contributed by atoms with van der Waals surface area (Å²) >= 11 is 1.24. The van der Waals surface area contributed by atoms with Crippen molar-refractivity contribution in [1.29, 1.82) is 0 Å². The van der Waals surface area contributed by atoms with Gasteiger partial charge in [-0.2, -0.15) is 0 Å². The molecule has 0 aliphatic carbocycles. The largest absolute Gasteiger partial charge is 0.477 e. The van der Waals surface area contributed by atoms with Gasteiger partial charge < -0.3 is 25.4 Å². The molecule has 2 aliphatic heterocycles. The van der Waals surface area contributed by atoms with Gasteiger partial charge in [0.15, 0.2) is 0 Å². The first-order valence-electron chi connectivity index (χ1n) is 10.9. The highest BCUT2D eigenvalue weighted by Gasteiger charge is 2.62. The molecule has 0 saturated carbocycles. The number of nitrogens with zero attached hydrogens (tertiary/aromatic N) is 2. The lowest BCUT2D eigenvalue weighted by Gasteiger charge is -2.47. The number of ether oxygens (including phenoxy) is 1. The number of non-ortho nitro benzene ring substituents is 1. The second-order valence-corrected chi connectivity index (χ2v) is 9.31. The zero-order valence-electron chi connectivity index (χ0n) is 19.3. The van der Waals surface area contributed by atoms with Crippen molar-refractivity contribution >= 4 is 41.3 Å². The summed E-state index contributed by atoms with van der Waals surface area (Å²) in [6.45, 7) is 3.27. The number of hydrogen-bond acceptors (Lipinski definition) is 8. The summed E-state index contributed by atoms with van der Waals surface area (Å²) in [5.41, 5.74) is 0.533. The van der Waals surface area contributed by atoms with Gasteiger partial charge in [0.05, 0.1) is 16.9 Å². The van der Waals surface area contributed by atoms with E-state index in [1.165, 1.54) is 42.8 Å². The minimum absolute atomic E-state index is 0.0715. The summed E-state index contributed by atoms with van der Waals surface area (Å²) < 4.78 is 5.29. The normalized spacial score (nSPS) is 21.6. The van der Waals surface area contributed by atoms with Crippen molar-refractivity contribution in [1.82, 2.24) is 15.5 Å². The highest BCUT2D eigenvalue weighted by atomic mass is 32.2. The molecular formula is C22H26N4O8S. The monoisotopic (exact) mass is 506 g/mol. The SMILES string of the molecule is CNC(=O)O[C@@H](C)[C@H]1C(=O)N2C(C(=O)O)=C(SCCNC(C)=O)C(Cc3ccc([N+](=O)[O-])cc3)[C@@H]12. The minimum atomic E-state index is -1.25. The third-order valence-corrected chi connectivity index (χ3v) is 7.17. The molecule has 1 aromatic carbocycles. The zero-order valence-corrected chi connectivity index (χ0v) is 20.2. The number of nitrogens with one attached hydrogen (secondary N) is 2. The molecule has 1 aromatic rings. The summed E-state index contributed by atoms with van der Waals surface area (Å²) in [6, 6.07) is 5.37. The van der Waals surface area contributed by atoms with E-state index < -0.39 is 46.9 Å². The molecule has 0 spiro atoms. The molecule has 35 heavy (non-hydrogen) atoms. The Bertz CT molecular complexity index is 1070. The molecule has 0 bridgehead atoms. The zero-order chi connectivity index (χ0) is 25.9. The van der Waals surface area contributed by atoms with Crippen LogP contribution in [0, 0.1) is 22.0 Å². The number of carboxylic acid groups (broad SMARTS) is 1. The molecule has 188 valence electrons. The Labute approximate surface area is 205 Å². The van der Waals surface area contributed by atoms with E-state index >= 15 is 0 Å². The summed E-state index contributed by atoms with van der Waals surface area (Å²) in [7, 11) is 1.39. The number of carbonyl (C=O) groups excluding carboxylic acids is 3. The predicted molar refractivity (Wildman–Crippen MR) is 125 cm³/mol. The van der Waals surface area contributed by atoms with Crippen LogP contribution >= 0.6 is 11.8 Å². The fourth-order valence-corrected chi connectivity index (χ4v) is 5.63. The lowest BCUT2D eigenvalue weighted by atomic mass is 9.76. The molecule has 4 atom stereocenters. The van der Waals surface area contributed by atoms with Gasteiger partial charge in [-0.25, -0.2) is 9.59 Å². The van der Waals surface area contributed by atoms with Gasteiger partial charge >= 0.3 is 12.1 Å². The fourth-order valence-electron chi connectivity index (χ4n) is 4.44. The second-order valence-electron chi connectivity index (χ2n) is 8.17. The maximum Gasteiger partial charge on any atom is 0.407 e. The van der Waals surface area contributed by atoms with Gasteiger partial charge in [-0.1, -0.05) is 12.1 Å². The van der Waals surface area contributed by atoms with Crippen molar-refractivity contribution in [3.63, 3.8) is 0 Å². The van der Waals surface area contributed by atoms with Gasteiger partial charge in [0.25, 0.3) is 5.69 Å². The molecular weight excluding hydrogens is 480 g/mol. The smallest absolute Gasteiger partial charge is 0.407 e. The summed E-state index contributed by atoms with van der Waals surface area (Å²) in [5.74, 6) is -2.73. The molecule has 1 fully saturated rings. The highest BCUT2D eigenvalue weighted by Crippen LogP contribution is 2.52. The lowest BCUT2D eigenvalue weighted by Crippen LogP contribution is -2.64. The van der Waals surface area contributed by atoms with Crippen LogP contribution in [0.5, 0.6) is 0 Å². The Morgan fingerprint density at radius 3 is 2.49 bits per heavy atom. The van der Waals surface area contributed by atoms with Crippen LogP contribution in [0.2, 0.25) is 0 Å². The molecule has 1 unspecified atom stereocenters. The van der Waals surface area contributed by atoms with Crippen molar-refractivity contribution in [2.45, 2.75) is 32.4 Å². The van der Waals surface area contributed by atoms with Crippen molar-refractivity contribution in [3.8, 4) is 0 Å². The Kier molecular flexibility index (Phi) is 7.99. The van der Waals surface area contributed by atoms with Crippen LogP contribution in [0.4, 0.5) is 10.5 Å². The fraction of sp³-hybridized carbons (Fsp3) is 0.455. The minimum Gasteiger partial charge on any atom is -0.477 e. The second kappa shape index (κ2) is 10.8. The number of rotatable bonds is 10. The van der Waals surface area contributed by atoms with Crippen LogP contribution in [0.3, 0.4) is 0 Å². The van der Waals surface area contributed by atoms with Crippen LogP contribution in [-0.2, 0) is 25.5 Å². The Morgan fingerprint density at radius 1 is 1.29 bits per heavy atom. The van der Waals surface area contributed by atoms with Gasteiger partial charge in [0.2, 0.25) is 11.8 Å². The number of nitro benzene ring substituents is 1. The molecule has 2 heterocycles. The van der Waals surface area contributed by atoms with E-state index in [1.54, 1.807) is 19.1 Å². The van der Waals surface area contributed by atoms with E-state index in [0.29, 0.717) is 23.6 Å². The molecule has 0 aromatic heterocycles. The third-order valence-electron chi connectivity index (χ3n) is 5.95. The number of alkyl carbamates (subject to hydrolysis) is 1. The third kappa shape index (κ3) is 5.39. The van der Waals surface area contributed by atoms with Crippen molar-refractivity contribution in [2.75, 3.05) is 19.3 Å². The van der Waals surface area contributed by atoms with E-state index in [9.17, 15) is 34.4 Å². The maximum atomic E-state index is 13.0. The number of benzene rings is 1. The molecule has 1 saturated heterocycles. The number of aliphatic carboxylic acids is 1. The first-order valence-corrected chi connectivity index (χ1v) is 11.8. The van der Waals surface area contributed by atoms with E-state index in [2.05, 4.69) is 10.6 Å². The molecule has 3 amide bonds. The number of amides is 3. The first kappa shape index (κ1) is 26.0. The lowest BCUT2D eigenvalue weighted by molar-refractivity contribution is -0.384. The van der Waals surface area contributed by atoms with Crippen LogP contribution in [0.1, 0.15) is 19.4 Å². The topological polar surface area (TPSA) is 168 Å². The summed E-state index contributed by atoms with van der Waals surface area (Å²) in [4.78, 5) is 60.4. The number of carboxylic acids is 1. The molecule has 13 heteroatoms. The van der Waals surface area contributed by atoms with Crippen LogP contribution in [-0.4, -0.2) is 70.3 Å². The Morgan fingerprint density at radius 2 is 1.94 bits per heavy atom. The Hall–Kier alpha value is -3.61. The maximum absolute atomic E-state index is 13.0. The van der Waals surface area contributed by atoms with Gasteiger partial charge in [-0.15, -0.1) is 11.8 Å². The number of nitro groups is 1. The number of β-lactam (4-membered cyclic amide) rings is 1. The molecule has 3 rings (SSSR count). The van der Waals surface area contributed by atoms with Crippen molar-refractivity contribution in [3.05, 3.63) is 50.5 Å². The van der Waals surface area contributed by atoms with Crippen molar-refractivity contribution in [2.24, 2.45) is 11.8 Å². The van der Waals surface area contributed by atoms with Crippen molar-refractivity contribution < 1.29 is 33.9 Å². The van der Waals surface area contributed by atoms with E-state index in [1.807, 2.05) is 0 Å². The van der Waals surface area contributed by atoms with Gasteiger partial charge in [-0.3, -0.25) is 19.7 Å². The molecule has 12 nitrogen and oxygen atoms in total. The van der Waals surface area contributed by atoms with Crippen LogP contribution in [0.25, 0.3) is 0 Å². The number of hydrogen-bond donors (Lipinski definition) is 3. The number of carbonyl (C=O) groups is 4. The average molecular weight is 507 g/mol. The highest BCUT2D eigenvalue weighted by molar-refractivity contribution is 8.03. The standard InChI is InChI=1S/C22H26N4O8S/c1-11(34-22(31)23-3)16-17-15(10-13-4-6-14(7-5-13)26(32)33)19(35-9-8-24-12(2)27)18(21(29)30)25(17)20(16)28/h4-7,11,15-17H,8-10H2,1-3H3,(H,23,31)(H,24,27)(H,29,30)/t11-,15?,16+,17-/m0/s1. The van der Waals surface area contributed by atoms with E-state index in [-0.39, 0.29) is 17.3 Å².